The first-order valence-electron chi connectivity index (χ1n) is 5.94. The van der Waals surface area contributed by atoms with Gasteiger partial charge in [-0.1, -0.05) is 60.7 Å². The predicted molar refractivity (Wildman–Crippen MR) is 74.5 cm³/mol. The van der Waals surface area contributed by atoms with Crippen LogP contribution in [0.15, 0.2) is 60.7 Å². The summed E-state index contributed by atoms with van der Waals surface area (Å²) in [5.74, 6) is -2.74. The lowest BCUT2D eigenvalue weighted by Crippen LogP contribution is -2.15. The quantitative estimate of drug-likeness (QED) is 0.402. The van der Waals surface area contributed by atoms with E-state index in [2.05, 4.69) is 0 Å². The molecule has 0 saturated heterocycles. The normalized spacial score (nSPS) is 10.9. The van der Waals surface area contributed by atoms with Gasteiger partial charge in [-0.15, -0.1) is 0 Å². The van der Waals surface area contributed by atoms with Gasteiger partial charge in [-0.3, -0.25) is 0 Å². The number of carboxylic acids is 1. The molecule has 0 heterocycles. The largest absolute Gasteiger partial charge is 0.473 e. The maximum absolute atomic E-state index is 11.3. The van der Waals surface area contributed by atoms with Gasteiger partial charge in [0.1, 0.15) is 5.76 Å². The predicted octanol–water partition coefficient (Wildman–Crippen LogP) is 2.81. The molecule has 20 heavy (non-hydrogen) atoms. The summed E-state index contributed by atoms with van der Waals surface area (Å²) < 4.78 is 4.92. The lowest BCUT2D eigenvalue weighted by atomic mass is 10.1. The lowest BCUT2D eigenvalue weighted by molar-refractivity contribution is -0.159. The first-order chi connectivity index (χ1) is 9.66. The van der Waals surface area contributed by atoms with Crippen LogP contribution in [0, 0.1) is 0 Å². The molecule has 0 unspecified atom stereocenters. The van der Waals surface area contributed by atoms with Crippen molar-refractivity contribution in [3.05, 3.63) is 71.8 Å². The number of aliphatic carboxylic acids is 1. The Balaban J connectivity index is 2.37. The minimum atomic E-state index is -1.63. The van der Waals surface area contributed by atoms with E-state index in [1.807, 2.05) is 36.4 Å². The molecular weight excluding hydrogens is 256 g/mol. The molecule has 2 aromatic rings. The van der Waals surface area contributed by atoms with Crippen LogP contribution in [0.5, 0.6) is 0 Å². The Morgan fingerprint density at radius 1 is 0.900 bits per heavy atom. The molecule has 0 atom stereocenters. The van der Waals surface area contributed by atoms with Crippen molar-refractivity contribution in [2.24, 2.45) is 0 Å². The number of ether oxygens (including phenoxy) is 1. The second-order valence-corrected chi connectivity index (χ2v) is 3.98. The zero-order valence-corrected chi connectivity index (χ0v) is 10.5. The zero-order chi connectivity index (χ0) is 14.4. The molecule has 4 heteroatoms. The van der Waals surface area contributed by atoms with Crippen LogP contribution in [-0.2, 0) is 14.3 Å². The first kappa shape index (κ1) is 13.5. The van der Waals surface area contributed by atoms with Crippen LogP contribution in [0.1, 0.15) is 11.1 Å². The van der Waals surface area contributed by atoms with Crippen LogP contribution in [0.25, 0.3) is 11.8 Å². The highest BCUT2D eigenvalue weighted by Gasteiger charge is 2.16. The molecule has 0 bridgehead atoms. The van der Waals surface area contributed by atoms with Crippen molar-refractivity contribution < 1.29 is 19.4 Å². The highest BCUT2D eigenvalue weighted by Crippen LogP contribution is 2.19. The van der Waals surface area contributed by atoms with Gasteiger partial charge in [-0.25, -0.2) is 9.59 Å². The summed E-state index contributed by atoms with van der Waals surface area (Å²) in [4.78, 5) is 21.9. The molecule has 0 aliphatic carbocycles. The van der Waals surface area contributed by atoms with Gasteiger partial charge < -0.3 is 9.84 Å². The van der Waals surface area contributed by atoms with E-state index in [-0.39, 0.29) is 5.76 Å². The molecule has 0 aliphatic rings. The SMILES string of the molecule is O=C(O)C(=O)OC(=Cc1ccccc1)c1ccccc1. The van der Waals surface area contributed by atoms with Gasteiger partial charge in [-0.2, -0.15) is 0 Å². The maximum Gasteiger partial charge on any atom is 0.422 e. The standard InChI is InChI=1S/C16H12O4/c17-15(18)16(19)20-14(13-9-5-2-6-10-13)11-12-7-3-1-4-8-12/h1-11H,(H,17,18). The van der Waals surface area contributed by atoms with E-state index >= 15 is 0 Å². The topological polar surface area (TPSA) is 63.6 Å². The molecule has 100 valence electrons. The molecule has 2 aromatic carbocycles. The summed E-state index contributed by atoms with van der Waals surface area (Å²) in [6.07, 6.45) is 1.62. The van der Waals surface area contributed by atoms with E-state index in [0.29, 0.717) is 5.56 Å². The summed E-state index contributed by atoms with van der Waals surface area (Å²) in [6, 6.07) is 18.1. The summed E-state index contributed by atoms with van der Waals surface area (Å²) in [7, 11) is 0. The fraction of sp³-hybridized carbons (Fsp3) is 0. The third kappa shape index (κ3) is 3.55. The summed E-state index contributed by atoms with van der Waals surface area (Å²) in [6.45, 7) is 0. The molecule has 0 aromatic heterocycles. The number of rotatable bonds is 3. The van der Waals surface area contributed by atoms with Crippen molar-refractivity contribution in [2.75, 3.05) is 0 Å². The molecule has 0 saturated carbocycles. The lowest BCUT2D eigenvalue weighted by Gasteiger charge is -2.07. The van der Waals surface area contributed by atoms with Crippen molar-refractivity contribution in [1.82, 2.24) is 0 Å². The molecule has 2 rings (SSSR count). The summed E-state index contributed by atoms with van der Waals surface area (Å²) in [5.41, 5.74) is 1.44. The minimum absolute atomic E-state index is 0.198. The van der Waals surface area contributed by atoms with Crippen molar-refractivity contribution in [1.29, 1.82) is 0 Å². The molecule has 0 amide bonds. The van der Waals surface area contributed by atoms with Gasteiger partial charge in [0.2, 0.25) is 0 Å². The Kier molecular flexibility index (Phi) is 4.29. The number of hydrogen-bond acceptors (Lipinski definition) is 3. The van der Waals surface area contributed by atoms with E-state index in [9.17, 15) is 9.59 Å². The summed E-state index contributed by atoms with van der Waals surface area (Å²) >= 11 is 0. The molecular formula is C16H12O4. The number of esters is 1. The van der Waals surface area contributed by atoms with E-state index in [1.165, 1.54) is 0 Å². The first-order valence-corrected chi connectivity index (χ1v) is 5.94. The van der Waals surface area contributed by atoms with Crippen molar-refractivity contribution in [3.63, 3.8) is 0 Å². The van der Waals surface area contributed by atoms with Gasteiger partial charge in [0.15, 0.2) is 0 Å². The second kappa shape index (κ2) is 6.33. The Bertz CT molecular complexity index is 630. The Morgan fingerprint density at radius 2 is 1.45 bits per heavy atom. The number of hydrogen-bond donors (Lipinski definition) is 1. The zero-order valence-electron chi connectivity index (χ0n) is 10.5. The molecule has 0 spiro atoms. The van der Waals surface area contributed by atoms with E-state index in [1.54, 1.807) is 30.3 Å². The Hall–Kier alpha value is -2.88. The van der Waals surface area contributed by atoms with Gasteiger partial charge in [-0.05, 0) is 11.6 Å². The van der Waals surface area contributed by atoms with Gasteiger partial charge in [0.25, 0.3) is 0 Å². The fourth-order valence-corrected chi connectivity index (χ4v) is 1.62. The van der Waals surface area contributed by atoms with Crippen LogP contribution in [-0.4, -0.2) is 17.0 Å². The minimum Gasteiger partial charge on any atom is -0.473 e. The number of benzene rings is 2. The highest BCUT2D eigenvalue weighted by atomic mass is 16.6. The van der Waals surface area contributed by atoms with Crippen molar-refractivity contribution in [3.8, 4) is 0 Å². The van der Waals surface area contributed by atoms with Gasteiger partial charge >= 0.3 is 11.9 Å². The third-order valence-electron chi connectivity index (χ3n) is 2.53. The fourth-order valence-electron chi connectivity index (χ4n) is 1.62. The third-order valence-corrected chi connectivity index (χ3v) is 2.53. The van der Waals surface area contributed by atoms with E-state index in [0.717, 1.165) is 5.56 Å². The number of carboxylic acid groups (broad SMARTS) is 1. The van der Waals surface area contributed by atoms with Crippen LogP contribution < -0.4 is 0 Å². The Labute approximate surface area is 115 Å². The second-order valence-electron chi connectivity index (χ2n) is 3.98. The van der Waals surface area contributed by atoms with Crippen LogP contribution >= 0.6 is 0 Å². The van der Waals surface area contributed by atoms with E-state index in [4.69, 9.17) is 9.84 Å². The van der Waals surface area contributed by atoms with Crippen LogP contribution in [0.3, 0.4) is 0 Å². The maximum atomic E-state index is 11.3. The summed E-state index contributed by atoms with van der Waals surface area (Å²) in [5, 5.41) is 8.64. The van der Waals surface area contributed by atoms with Crippen LogP contribution in [0.2, 0.25) is 0 Å². The van der Waals surface area contributed by atoms with Crippen molar-refractivity contribution >= 4 is 23.8 Å². The molecule has 0 fully saturated rings. The molecule has 0 radical (unpaired) electrons. The van der Waals surface area contributed by atoms with Crippen molar-refractivity contribution in [2.45, 2.75) is 0 Å². The average molecular weight is 268 g/mol. The molecule has 1 N–H and O–H groups in total. The van der Waals surface area contributed by atoms with Gasteiger partial charge in [0, 0.05) is 5.56 Å². The van der Waals surface area contributed by atoms with Crippen LogP contribution in [0.4, 0.5) is 0 Å². The smallest absolute Gasteiger partial charge is 0.422 e. The van der Waals surface area contributed by atoms with E-state index < -0.39 is 11.9 Å². The average Bonchev–Trinajstić information content (AvgIpc) is 2.48. The molecule has 0 aliphatic heterocycles. The Morgan fingerprint density at radius 3 is 2.00 bits per heavy atom. The van der Waals surface area contributed by atoms with Gasteiger partial charge in [0.05, 0.1) is 0 Å². The number of carbonyl (C=O) groups excluding carboxylic acids is 1. The monoisotopic (exact) mass is 268 g/mol. The molecule has 4 nitrogen and oxygen atoms in total. The highest BCUT2D eigenvalue weighted by molar-refractivity contribution is 6.29. The number of carbonyl (C=O) groups is 2.